The molecule has 1 aromatic rings. The van der Waals surface area contributed by atoms with Gasteiger partial charge < -0.3 is 9.64 Å². The van der Waals surface area contributed by atoms with E-state index in [0.29, 0.717) is 6.61 Å². The van der Waals surface area contributed by atoms with E-state index < -0.39 is 0 Å². The van der Waals surface area contributed by atoms with Crippen molar-refractivity contribution in [3.05, 3.63) is 17.8 Å². The van der Waals surface area contributed by atoms with E-state index in [0.717, 1.165) is 29.5 Å². The van der Waals surface area contributed by atoms with Crippen molar-refractivity contribution < 1.29 is 9.53 Å². The molecular formula is C14H21N3O2S. The highest BCUT2D eigenvalue weighted by Gasteiger charge is 2.09. The third-order valence-electron chi connectivity index (χ3n) is 2.56. The maximum atomic E-state index is 11.4. The van der Waals surface area contributed by atoms with E-state index in [9.17, 15) is 4.79 Å². The van der Waals surface area contributed by atoms with Gasteiger partial charge in [-0.1, -0.05) is 18.7 Å². The number of thioether (sulfide) groups is 1. The van der Waals surface area contributed by atoms with E-state index in [1.54, 1.807) is 19.2 Å². The van der Waals surface area contributed by atoms with Crippen LogP contribution >= 0.6 is 11.8 Å². The number of anilines is 1. The first kappa shape index (κ1) is 16.5. The van der Waals surface area contributed by atoms with Crippen molar-refractivity contribution in [2.45, 2.75) is 25.4 Å². The van der Waals surface area contributed by atoms with Crippen LogP contribution in [-0.2, 0) is 9.53 Å². The average Bonchev–Trinajstić information content (AvgIpc) is 2.45. The van der Waals surface area contributed by atoms with Crippen molar-refractivity contribution in [1.29, 1.82) is 0 Å². The summed E-state index contributed by atoms with van der Waals surface area (Å²) in [4.78, 5) is 22.2. The van der Waals surface area contributed by atoms with Crippen LogP contribution in [0.5, 0.6) is 0 Å². The maximum Gasteiger partial charge on any atom is 0.330 e. The number of rotatable bonds is 7. The molecular weight excluding hydrogens is 274 g/mol. The minimum Gasteiger partial charge on any atom is -0.463 e. The predicted molar refractivity (Wildman–Crippen MR) is 83.0 cm³/mol. The Balaban J connectivity index is 3.01. The highest BCUT2D eigenvalue weighted by molar-refractivity contribution is 7.98. The zero-order valence-corrected chi connectivity index (χ0v) is 13.2. The Kier molecular flexibility index (Phi) is 7.08. The molecule has 0 atom stereocenters. The lowest BCUT2D eigenvalue weighted by atomic mass is 10.2. The van der Waals surface area contributed by atoms with Crippen LogP contribution in [0.25, 0.3) is 6.08 Å². The molecule has 0 aromatic carbocycles. The first-order chi connectivity index (χ1) is 9.62. The fraction of sp³-hybridized carbons (Fsp3) is 0.500. The van der Waals surface area contributed by atoms with Gasteiger partial charge in [0.15, 0.2) is 5.16 Å². The van der Waals surface area contributed by atoms with Gasteiger partial charge in [0.1, 0.15) is 5.82 Å². The molecule has 0 fully saturated rings. The summed E-state index contributed by atoms with van der Waals surface area (Å²) in [6, 6.07) is 0. The monoisotopic (exact) mass is 295 g/mol. The summed E-state index contributed by atoms with van der Waals surface area (Å²) in [7, 11) is 1.98. The molecule has 1 aromatic heterocycles. The Hall–Kier alpha value is -1.56. The van der Waals surface area contributed by atoms with Crippen molar-refractivity contribution in [3.63, 3.8) is 0 Å². The fourth-order valence-corrected chi connectivity index (χ4v) is 2.01. The molecule has 0 spiro atoms. The number of hydrogen-bond donors (Lipinski definition) is 0. The number of ether oxygens (including phenoxy) is 1. The normalized spacial score (nSPS) is 10.8. The van der Waals surface area contributed by atoms with Crippen LogP contribution in [0.4, 0.5) is 5.82 Å². The second-order valence-electron chi connectivity index (χ2n) is 4.14. The highest BCUT2D eigenvalue weighted by atomic mass is 32.2. The SMILES string of the molecule is CCCN(C)c1nc(SC)ncc1/C=C/C(=O)OCC. The van der Waals surface area contributed by atoms with Gasteiger partial charge in [-0.2, -0.15) is 0 Å². The molecule has 0 saturated heterocycles. The van der Waals surface area contributed by atoms with Crippen LogP contribution in [0.2, 0.25) is 0 Å². The number of hydrogen-bond acceptors (Lipinski definition) is 6. The predicted octanol–water partition coefficient (Wildman–Crippen LogP) is 2.62. The number of aromatic nitrogens is 2. The van der Waals surface area contributed by atoms with Crippen molar-refractivity contribution in [1.82, 2.24) is 9.97 Å². The summed E-state index contributed by atoms with van der Waals surface area (Å²) >= 11 is 1.50. The first-order valence-electron chi connectivity index (χ1n) is 6.59. The van der Waals surface area contributed by atoms with Crippen LogP contribution in [0.3, 0.4) is 0 Å². The fourth-order valence-electron chi connectivity index (χ4n) is 1.68. The van der Waals surface area contributed by atoms with E-state index in [4.69, 9.17) is 4.74 Å². The van der Waals surface area contributed by atoms with Crippen LogP contribution in [0.15, 0.2) is 17.4 Å². The molecule has 0 aliphatic carbocycles. The lowest BCUT2D eigenvalue weighted by Crippen LogP contribution is -2.20. The number of nitrogens with zero attached hydrogens (tertiary/aromatic N) is 3. The summed E-state index contributed by atoms with van der Waals surface area (Å²) in [5, 5.41) is 0.719. The Bertz CT molecular complexity index is 477. The quantitative estimate of drug-likeness (QED) is 0.333. The maximum absolute atomic E-state index is 11.4. The molecule has 0 amide bonds. The third-order valence-corrected chi connectivity index (χ3v) is 3.12. The van der Waals surface area contributed by atoms with Gasteiger partial charge >= 0.3 is 5.97 Å². The highest BCUT2D eigenvalue weighted by Crippen LogP contribution is 2.21. The Morgan fingerprint density at radius 2 is 2.25 bits per heavy atom. The van der Waals surface area contributed by atoms with Crippen LogP contribution < -0.4 is 4.90 Å². The summed E-state index contributed by atoms with van der Waals surface area (Å²) in [6.45, 7) is 5.16. The smallest absolute Gasteiger partial charge is 0.330 e. The summed E-state index contributed by atoms with van der Waals surface area (Å²) in [6.07, 6.45) is 7.80. The molecule has 20 heavy (non-hydrogen) atoms. The van der Waals surface area contributed by atoms with Crippen LogP contribution in [0, 0.1) is 0 Å². The second-order valence-corrected chi connectivity index (χ2v) is 4.92. The van der Waals surface area contributed by atoms with Gasteiger partial charge in [-0.25, -0.2) is 14.8 Å². The minimum absolute atomic E-state index is 0.356. The van der Waals surface area contributed by atoms with Crippen LogP contribution in [-0.4, -0.2) is 42.4 Å². The molecule has 0 N–H and O–H groups in total. The summed E-state index contributed by atoms with van der Waals surface area (Å²) in [5.41, 5.74) is 0.812. The van der Waals surface area contributed by atoms with E-state index in [2.05, 4.69) is 21.8 Å². The number of carbonyl (C=O) groups excluding carboxylic acids is 1. The van der Waals surface area contributed by atoms with Gasteiger partial charge in [0.05, 0.1) is 6.61 Å². The Morgan fingerprint density at radius 3 is 2.85 bits per heavy atom. The molecule has 1 rings (SSSR count). The summed E-state index contributed by atoms with van der Waals surface area (Å²) < 4.78 is 4.87. The molecule has 0 bridgehead atoms. The molecule has 0 aliphatic rings. The van der Waals surface area contributed by atoms with Crippen molar-refractivity contribution in [2.24, 2.45) is 0 Å². The lowest BCUT2D eigenvalue weighted by Gasteiger charge is -2.19. The number of carbonyl (C=O) groups is 1. The molecule has 6 heteroatoms. The second kappa shape index (κ2) is 8.58. The molecule has 0 radical (unpaired) electrons. The van der Waals surface area contributed by atoms with Gasteiger partial charge in [0.25, 0.3) is 0 Å². The van der Waals surface area contributed by atoms with Crippen molar-refractivity contribution in [2.75, 3.05) is 31.4 Å². The van der Waals surface area contributed by atoms with Gasteiger partial charge in [0.2, 0.25) is 0 Å². The van der Waals surface area contributed by atoms with E-state index >= 15 is 0 Å². The summed E-state index contributed by atoms with van der Waals surface area (Å²) in [5.74, 6) is 0.470. The topological polar surface area (TPSA) is 55.3 Å². The zero-order chi connectivity index (χ0) is 15.0. The molecule has 0 saturated carbocycles. The number of esters is 1. The minimum atomic E-state index is -0.356. The van der Waals surface area contributed by atoms with Crippen molar-refractivity contribution >= 4 is 29.6 Å². The van der Waals surface area contributed by atoms with Crippen molar-refractivity contribution in [3.8, 4) is 0 Å². The molecule has 110 valence electrons. The molecule has 0 unspecified atom stereocenters. The standard InChI is InChI=1S/C14H21N3O2S/c1-5-9-17(3)13-11(7-8-12(18)19-6-2)10-15-14(16-13)20-4/h7-8,10H,5-6,9H2,1-4H3/b8-7+. The van der Waals surface area contributed by atoms with E-state index in [1.807, 2.05) is 13.3 Å². The molecule has 5 nitrogen and oxygen atoms in total. The Labute approximate surface area is 124 Å². The molecule has 1 heterocycles. The van der Waals surface area contributed by atoms with Gasteiger partial charge in [-0.15, -0.1) is 0 Å². The van der Waals surface area contributed by atoms with E-state index in [1.165, 1.54) is 17.8 Å². The van der Waals surface area contributed by atoms with Crippen LogP contribution in [0.1, 0.15) is 25.8 Å². The van der Waals surface area contributed by atoms with E-state index in [-0.39, 0.29) is 5.97 Å². The Morgan fingerprint density at radius 1 is 1.50 bits per heavy atom. The zero-order valence-electron chi connectivity index (χ0n) is 12.4. The largest absolute Gasteiger partial charge is 0.463 e. The van der Waals surface area contributed by atoms with Gasteiger partial charge in [-0.05, 0) is 25.7 Å². The third kappa shape index (κ3) is 4.85. The van der Waals surface area contributed by atoms with Gasteiger partial charge in [0, 0.05) is 31.4 Å². The lowest BCUT2D eigenvalue weighted by molar-refractivity contribution is -0.137. The molecule has 0 aliphatic heterocycles. The first-order valence-corrected chi connectivity index (χ1v) is 7.81. The average molecular weight is 295 g/mol. The van der Waals surface area contributed by atoms with Gasteiger partial charge in [-0.3, -0.25) is 0 Å².